The topological polar surface area (TPSA) is 60.7 Å². The third kappa shape index (κ3) is 2.61. The summed E-state index contributed by atoms with van der Waals surface area (Å²) in [5.41, 5.74) is 0. The molecular weight excluding hydrogens is 176 g/mol. The van der Waals surface area contributed by atoms with Gasteiger partial charge in [0.2, 0.25) is 0 Å². The van der Waals surface area contributed by atoms with Gasteiger partial charge in [0.1, 0.15) is 0 Å². The van der Waals surface area contributed by atoms with E-state index in [1.54, 1.807) is 0 Å². The first-order valence-corrected chi connectivity index (χ1v) is 3.09. The van der Waals surface area contributed by atoms with E-state index >= 15 is 0 Å². The first-order valence-electron chi connectivity index (χ1n) is 2.18. The Morgan fingerprint density at radius 3 is 2.00 bits per heavy atom. The Bertz CT molecular complexity index is 68.2. The predicted octanol–water partition coefficient (Wildman–Crippen LogP) is -0.557. The van der Waals surface area contributed by atoms with Crippen LogP contribution in [0.4, 0.5) is 0 Å². The fraction of sp³-hybridized carbons (Fsp3) is 1.00. The quantitative estimate of drug-likeness (QED) is 0.399. The van der Waals surface area contributed by atoms with Crippen LogP contribution in [-0.2, 0) is 0 Å². The Kier molecular flexibility index (Phi) is 2.90. The molecule has 0 radical (unpaired) electrons. The molecule has 0 aliphatic heterocycles. The highest BCUT2D eigenvalue weighted by molar-refractivity contribution is 9.09. The van der Waals surface area contributed by atoms with Crippen molar-refractivity contribution in [3.05, 3.63) is 0 Å². The minimum Gasteiger partial charge on any atom is -0.395 e. The van der Waals surface area contributed by atoms with Crippen LogP contribution >= 0.6 is 15.9 Å². The van der Waals surface area contributed by atoms with E-state index in [0.717, 1.165) is 0 Å². The Labute approximate surface area is 56.1 Å². The summed E-state index contributed by atoms with van der Waals surface area (Å²) in [7, 11) is 0. The monoisotopic (exact) mass is 184 g/mol. The van der Waals surface area contributed by atoms with Crippen LogP contribution in [-0.4, -0.2) is 32.5 Å². The molecule has 0 saturated carbocycles. The molecule has 0 aliphatic carbocycles. The van der Waals surface area contributed by atoms with Gasteiger partial charge in [0, 0.05) is 0 Å². The number of alkyl halides is 1. The van der Waals surface area contributed by atoms with Crippen molar-refractivity contribution >= 4 is 15.9 Å². The van der Waals surface area contributed by atoms with Crippen LogP contribution in [0, 0.1) is 0 Å². The molecule has 0 aromatic heterocycles. The lowest BCUT2D eigenvalue weighted by Gasteiger charge is -2.19. The van der Waals surface area contributed by atoms with E-state index < -0.39 is 10.6 Å². The number of hydrogen-bond donors (Lipinski definition) is 3. The van der Waals surface area contributed by atoms with Gasteiger partial charge in [-0.05, 0) is 6.92 Å². The fourth-order valence-corrected chi connectivity index (χ4v) is 0.173. The molecule has 0 bridgehead atoms. The second-order valence-corrected chi connectivity index (χ2v) is 2.85. The molecule has 0 amide bonds. The number of hydrogen-bond acceptors (Lipinski definition) is 3. The van der Waals surface area contributed by atoms with Gasteiger partial charge in [-0.1, -0.05) is 15.9 Å². The average Bonchev–Trinajstić information content (AvgIpc) is 1.62. The lowest BCUT2D eigenvalue weighted by Crippen LogP contribution is -2.36. The van der Waals surface area contributed by atoms with Gasteiger partial charge in [0.25, 0.3) is 0 Å². The summed E-state index contributed by atoms with van der Waals surface area (Å²) in [6.45, 7) is 0.909. The minimum absolute atomic E-state index is 0.288. The van der Waals surface area contributed by atoms with Gasteiger partial charge in [-0.3, -0.25) is 0 Å². The average molecular weight is 185 g/mol. The van der Waals surface area contributed by atoms with E-state index in [-0.39, 0.29) is 6.61 Å². The number of halogens is 1. The molecule has 0 fully saturated rings. The van der Waals surface area contributed by atoms with Crippen LogP contribution < -0.4 is 0 Å². The van der Waals surface area contributed by atoms with Gasteiger partial charge in [-0.25, -0.2) is 0 Å². The van der Waals surface area contributed by atoms with Gasteiger partial charge in [-0.2, -0.15) is 0 Å². The Hall–Kier alpha value is 0.360. The van der Waals surface area contributed by atoms with Gasteiger partial charge in [-0.15, -0.1) is 0 Å². The Morgan fingerprint density at radius 2 is 2.00 bits per heavy atom. The van der Waals surface area contributed by atoms with Crippen LogP contribution in [0.1, 0.15) is 6.92 Å². The first-order chi connectivity index (χ1) is 3.48. The molecule has 0 aliphatic rings. The highest BCUT2D eigenvalue weighted by Gasteiger charge is 2.25. The van der Waals surface area contributed by atoms with Crippen molar-refractivity contribution in [2.45, 2.75) is 17.5 Å². The van der Waals surface area contributed by atoms with E-state index in [2.05, 4.69) is 15.9 Å². The summed E-state index contributed by atoms with van der Waals surface area (Å²) in [4.78, 5) is -0.671. The molecule has 4 heteroatoms. The molecule has 0 unspecified atom stereocenters. The number of aliphatic hydroxyl groups is 3. The molecule has 50 valence electrons. The van der Waals surface area contributed by atoms with Crippen LogP contribution in [0.3, 0.4) is 0 Å². The van der Waals surface area contributed by atoms with Crippen LogP contribution in [0.2, 0.25) is 0 Å². The van der Waals surface area contributed by atoms with Crippen LogP contribution in [0.5, 0.6) is 0 Å². The summed E-state index contributed by atoms with van der Waals surface area (Å²) >= 11 is 2.85. The highest BCUT2D eigenvalue weighted by Crippen LogP contribution is 2.12. The molecule has 0 spiro atoms. The SMILES string of the molecule is CC(O)(O)[C@H](Br)CO. The molecule has 0 rings (SSSR count). The molecule has 1 atom stereocenters. The van der Waals surface area contributed by atoms with E-state index in [9.17, 15) is 0 Å². The predicted molar refractivity (Wildman–Crippen MR) is 32.6 cm³/mol. The van der Waals surface area contributed by atoms with Gasteiger partial charge >= 0.3 is 0 Å². The maximum atomic E-state index is 8.63. The molecule has 3 N–H and O–H groups in total. The van der Waals surface area contributed by atoms with E-state index in [0.29, 0.717) is 0 Å². The van der Waals surface area contributed by atoms with Gasteiger partial charge < -0.3 is 15.3 Å². The molecule has 0 aromatic carbocycles. The normalized spacial score (nSPS) is 16.1. The minimum atomic E-state index is -1.82. The fourth-order valence-electron chi connectivity index (χ4n) is 0.173. The zero-order valence-corrected chi connectivity index (χ0v) is 6.09. The van der Waals surface area contributed by atoms with E-state index in [1.165, 1.54) is 6.92 Å². The summed E-state index contributed by atoms with van der Waals surface area (Å²) in [5.74, 6) is -1.82. The molecule has 8 heavy (non-hydrogen) atoms. The highest BCUT2D eigenvalue weighted by atomic mass is 79.9. The smallest absolute Gasteiger partial charge is 0.174 e. The molecule has 0 aromatic rings. The Balaban J connectivity index is 3.62. The van der Waals surface area contributed by atoms with E-state index in [4.69, 9.17) is 15.3 Å². The standard InChI is InChI=1S/C4H9BrO3/c1-4(7,8)3(5)2-6/h3,6-8H,2H2,1H3/t3-/m1/s1. The molecule has 3 nitrogen and oxygen atoms in total. The van der Waals surface area contributed by atoms with Crippen molar-refractivity contribution in [2.75, 3.05) is 6.61 Å². The third-order valence-corrected chi connectivity index (χ3v) is 1.91. The summed E-state index contributed by atoms with van der Waals surface area (Å²) in [6.07, 6.45) is 0. The van der Waals surface area contributed by atoms with Crippen molar-refractivity contribution in [3.63, 3.8) is 0 Å². The maximum Gasteiger partial charge on any atom is 0.174 e. The van der Waals surface area contributed by atoms with Crippen LogP contribution in [0.25, 0.3) is 0 Å². The maximum absolute atomic E-state index is 8.63. The first kappa shape index (κ1) is 8.36. The number of aliphatic hydroxyl groups excluding tert-OH is 1. The molecular formula is C4H9BrO3. The van der Waals surface area contributed by atoms with Crippen molar-refractivity contribution < 1.29 is 15.3 Å². The number of rotatable bonds is 2. The summed E-state index contributed by atoms with van der Waals surface area (Å²) in [6, 6.07) is 0. The second-order valence-electron chi connectivity index (χ2n) is 1.74. The largest absolute Gasteiger partial charge is 0.395 e. The lowest BCUT2D eigenvalue weighted by molar-refractivity contribution is -0.147. The van der Waals surface area contributed by atoms with Crippen molar-refractivity contribution in [1.82, 2.24) is 0 Å². The van der Waals surface area contributed by atoms with Crippen LogP contribution in [0.15, 0.2) is 0 Å². The summed E-state index contributed by atoms with van der Waals surface area (Å²) < 4.78 is 0. The zero-order chi connectivity index (χ0) is 6.78. The zero-order valence-electron chi connectivity index (χ0n) is 4.50. The van der Waals surface area contributed by atoms with Gasteiger partial charge in [0.15, 0.2) is 5.79 Å². The molecule has 0 saturated heterocycles. The van der Waals surface area contributed by atoms with Crippen molar-refractivity contribution in [1.29, 1.82) is 0 Å². The third-order valence-electron chi connectivity index (χ3n) is 0.754. The lowest BCUT2D eigenvalue weighted by atomic mass is 10.2. The van der Waals surface area contributed by atoms with Gasteiger partial charge in [0.05, 0.1) is 11.4 Å². The van der Waals surface area contributed by atoms with E-state index in [1.807, 2.05) is 0 Å². The Morgan fingerprint density at radius 1 is 1.62 bits per heavy atom. The molecule has 0 heterocycles. The second kappa shape index (κ2) is 2.77. The summed E-state index contributed by atoms with van der Waals surface area (Å²) in [5, 5.41) is 25.6. The van der Waals surface area contributed by atoms with Crippen molar-refractivity contribution in [3.8, 4) is 0 Å². The van der Waals surface area contributed by atoms with Crippen molar-refractivity contribution in [2.24, 2.45) is 0 Å².